The van der Waals surface area contributed by atoms with Crippen molar-refractivity contribution in [2.45, 2.75) is 32.1 Å². The van der Waals surface area contributed by atoms with Crippen LogP contribution in [-0.4, -0.2) is 45.2 Å². The van der Waals surface area contributed by atoms with E-state index in [1.165, 1.54) is 14.0 Å². The molecule has 3 N–H and O–H groups in total. The van der Waals surface area contributed by atoms with E-state index in [1.54, 1.807) is 38.1 Å². The molecule has 9 heteroatoms. The number of hydrogen-bond donors (Lipinski definition) is 2. The third-order valence-corrected chi connectivity index (χ3v) is 8.11. The summed E-state index contributed by atoms with van der Waals surface area (Å²) in [5, 5.41) is 3.32. The van der Waals surface area contributed by atoms with Gasteiger partial charge in [-0.05, 0) is 54.3 Å². The molecule has 7 nitrogen and oxygen atoms in total. The molecule has 0 aliphatic heterocycles. The highest BCUT2D eigenvalue weighted by atomic mass is 35.5. The van der Waals surface area contributed by atoms with Gasteiger partial charge < -0.3 is 20.5 Å². The summed E-state index contributed by atoms with van der Waals surface area (Å²) in [5.41, 5.74) is 7.78. The monoisotopic (exact) mass is 506 g/mol. The molecule has 0 radical (unpaired) electrons. The molecule has 0 saturated heterocycles. The first-order valence-corrected chi connectivity index (χ1v) is 12.9. The Morgan fingerprint density at radius 3 is 2.44 bits per heavy atom. The number of carbonyl (C=O) groups excluding carboxylic acids is 1. The number of halogens is 1. The van der Waals surface area contributed by atoms with Gasteiger partial charge in [0.25, 0.3) is 5.91 Å². The number of rotatable bonds is 10. The number of ether oxygens (including phenoxy) is 2. The summed E-state index contributed by atoms with van der Waals surface area (Å²) < 4.78 is 36.0. The maximum atomic E-state index is 12.7. The molecule has 2 aromatic rings. The number of benzene rings is 2. The van der Waals surface area contributed by atoms with Crippen molar-refractivity contribution >= 4 is 27.3 Å². The molecule has 1 unspecified atom stereocenters. The first kappa shape index (κ1) is 27.5. The van der Waals surface area contributed by atoms with Crippen molar-refractivity contribution in [3.63, 3.8) is 0 Å². The van der Waals surface area contributed by atoms with Crippen LogP contribution in [0.4, 0.5) is 0 Å². The summed E-state index contributed by atoms with van der Waals surface area (Å²) in [7, 11) is -2.25. The van der Waals surface area contributed by atoms with E-state index < -0.39 is 26.5 Å². The number of carbonyl (C=O) groups is 1. The van der Waals surface area contributed by atoms with E-state index in [1.807, 2.05) is 18.2 Å². The van der Waals surface area contributed by atoms with Gasteiger partial charge in [0.2, 0.25) is 4.87 Å². The lowest BCUT2D eigenvalue weighted by molar-refractivity contribution is -0.124. The Morgan fingerprint density at radius 1 is 1.18 bits per heavy atom. The number of hydrogen-bond acceptors (Lipinski definition) is 6. The molecule has 0 aliphatic carbocycles. The third-order valence-electron chi connectivity index (χ3n) is 5.41. The maximum absolute atomic E-state index is 12.7. The van der Waals surface area contributed by atoms with Gasteiger partial charge in [0.1, 0.15) is 6.61 Å². The Kier molecular flexibility index (Phi) is 9.80. The standard InChI is InChI=1S/C25H31ClN2O5S/c1-5-34(30,31)25(27,18(2)3)24(29)28-15-14-20-10-13-22(23(17-20)32-4)33-16-6-7-19-8-11-21(26)12-9-19/h8-13,17-18H,5,14-16,27H2,1-4H3,(H,28,29). The van der Waals surface area contributed by atoms with Crippen molar-refractivity contribution < 1.29 is 22.7 Å². The molecule has 2 rings (SSSR count). The third kappa shape index (κ3) is 6.66. The van der Waals surface area contributed by atoms with Crippen LogP contribution in [0.5, 0.6) is 11.5 Å². The van der Waals surface area contributed by atoms with Gasteiger partial charge in [-0.2, -0.15) is 0 Å². The molecule has 0 saturated carbocycles. The minimum Gasteiger partial charge on any atom is -0.493 e. The number of nitrogens with one attached hydrogen (secondary N) is 1. The Morgan fingerprint density at radius 2 is 1.85 bits per heavy atom. The molecule has 1 atom stereocenters. The van der Waals surface area contributed by atoms with Gasteiger partial charge in [0.05, 0.1) is 7.11 Å². The van der Waals surface area contributed by atoms with E-state index >= 15 is 0 Å². The van der Waals surface area contributed by atoms with Crippen LogP contribution in [0, 0.1) is 17.8 Å². The number of nitrogens with two attached hydrogens (primary N) is 1. The van der Waals surface area contributed by atoms with E-state index in [0.29, 0.717) is 22.9 Å². The predicted molar refractivity (Wildman–Crippen MR) is 135 cm³/mol. The highest BCUT2D eigenvalue weighted by Gasteiger charge is 2.48. The van der Waals surface area contributed by atoms with E-state index in [-0.39, 0.29) is 18.9 Å². The summed E-state index contributed by atoms with van der Waals surface area (Å²) in [4.78, 5) is 10.7. The second kappa shape index (κ2) is 12.1. The van der Waals surface area contributed by atoms with Crippen LogP contribution in [0.3, 0.4) is 0 Å². The van der Waals surface area contributed by atoms with Crippen LogP contribution in [0.15, 0.2) is 42.5 Å². The zero-order chi connectivity index (χ0) is 25.4. The van der Waals surface area contributed by atoms with Gasteiger partial charge in [0.15, 0.2) is 21.3 Å². The molecular weight excluding hydrogens is 476 g/mol. The van der Waals surface area contributed by atoms with E-state index in [4.69, 9.17) is 26.8 Å². The summed E-state index contributed by atoms with van der Waals surface area (Å²) in [5.74, 6) is 5.52. The molecule has 0 fully saturated rings. The molecule has 2 aromatic carbocycles. The average Bonchev–Trinajstić information content (AvgIpc) is 2.82. The second-order valence-electron chi connectivity index (χ2n) is 7.94. The summed E-state index contributed by atoms with van der Waals surface area (Å²) in [6.45, 7) is 5.12. The molecule has 0 bridgehead atoms. The summed E-state index contributed by atoms with van der Waals surface area (Å²) in [6, 6.07) is 12.6. The predicted octanol–water partition coefficient (Wildman–Crippen LogP) is 3.18. The normalized spacial score (nSPS) is 12.9. The molecule has 0 spiro atoms. The first-order valence-electron chi connectivity index (χ1n) is 10.9. The lowest BCUT2D eigenvalue weighted by atomic mass is 10.0. The SMILES string of the molecule is CCS(=O)(=O)C(N)(C(=O)NCCc1ccc(OCC#Cc2ccc(Cl)cc2)c(OC)c1)C(C)C. The summed E-state index contributed by atoms with van der Waals surface area (Å²) >= 11 is 5.87. The highest BCUT2D eigenvalue weighted by Crippen LogP contribution is 2.28. The van der Waals surface area contributed by atoms with Crippen molar-refractivity contribution in [3.8, 4) is 23.3 Å². The van der Waals surface area contributed by atoms with Crippen LogP contribution in [0.25, 0.3) is 0 Å². The number of sulfone groups is 1. The Bertz CT molecular complexity index is 1150. The van der Waals surface area contributed by atoms with Crippen LogP contribution < -0.4 is 20.5 Å². The Balaban J connectivity index is 1.98. The van der Waals surface area contributed by atoms with Crippen LogP contribution in [0.2, 0.25) is 5.02 Å². The van der Waals surface area contributed by atoms with Crippen LogP contribution >= 0.6 is 11.6 Å². The first-order chi connectivity index (χ1) is 16.0. The van der Waals surface area contributed by atoms with Crippen molar-refractivity contribution in [1.82, 2.24) is 5.32 Å². The zero-order valence-electron chi connectivity index (χ0n) is 19.9. The zero-order valence-corrected chi connectivity index (χ0v) is 21.4. The molecule has 34 heavy (non-hydrogen) atoms. The van der Waals surface area contributed by atoms with Gasteiger partial charge in [-0.15, -0.1) is 0 Å². The van der Waals surface area contributed by atoms with Gasteiger partial charge in [-0.25, -0.2) is 8.42 Å². The Hall–Kier alpha value is -2.73. The lowest BCUT2D eigenvalue weighted by Gasteiger charge is -2.31. The summed E-state index contributed by atoms with van der Waals surface area (Å²) in [6.07, 6.45) is 0.457. The van der Waals surface area contributed by atoms with E-state index in [0.717, 1.165) is 11.1 Å². The van der Waals surface area contributed by atoms with Crippen molar-refractivity contribution in [2.75, 3.05) is 26.0 Å². The van der Waals surface area contributed by atoms with Crippen LogP contribution in [-0.2, 0) is 21.1 Å². The fourth-order valence-corrected chi connectivity index (χ4v) is 4.91. The fourth-order valence-electron chi connectivity index (χ4n) is 3.23. The molecular formula is C25H31ClN2O5S. The Labute approximate surface area is 206 Å². The molecule has 1 amide bonds. The average molecular weight is 507 g/mol. The largest absolute Gasteiger partial charge is 0.493 e. The molecule has 184 valence electrons. The highest BCUT2D eigenvalue weighted by molar-refractivity contribution is 7.93. The molecule has 0 heterocycles. The fraction of sp³-hybridized carbons (Fsp3) is 0.400. The maximum Gasteiger partial charge on any atom is 0.256 e. The molecule has 0 aromatic heterocycles. The van der Waals surface area contributed by atoms with Gasteiger partial charge in [0, 0.05) is 22.9 Å². The number of methoxy groups -OCH3 is 1. The van der Waals surface area contributed by atoms with Gasteiger partial charge in [-0.1, -0.05) is 50.3 Å². The lowest BCUT2D eigenvalue weighted by Crippen LogP contribution is -2.63. The topological polar surface area (TPSA) is 108 Å². The van der Waals surface area contributed by atoms with Crippen molar-refractivity contribution in [2.24, 2.45) is 11.7 Å². The van der Waals surface area contributed by atoms with Crippen LogP contribution in [0.1, 0.15) is 31.9 Å². The number of amides is 1. The minimum atomic E-state index is -3.79. The van der Waals surface area contributed by atoms with Gasteiger partial charge >= 0.3 is 0 Å². The van der Waals surface area contributed by atoms with E-state index in [9.17, 15) is 13.2 Å². The van der Waals surface area contributed by atoms with Crippen molar-refractivity contribution in [1.29, 1.82) is 0 Å². The van der Waals surface area contributed by atoms with E-state index in [2.05, 4.69) is 17.2 Å². The van der Waals surface area contributed by atoms with Crippen molar-refractivity contribution in [3.05, 3.63) is 58.6 Å². The quantitative estimate of drug-likeness (QED) is 0.479. The smallest absolute Gasteiger partial charge is 0.256 e. The minimum absolute atomic E-state index is 0.175. The second-order valence-corrected chi connectivity index (χ2v) is 10.9. The molecule has 0 aliphatic rings. The van der Waals surface area contributed by atoms with Gasteiger partial charge in [-0.3, -0.25) is 4.79 Å².